The zero-order valence-electron chi connectivity index (χ0n) is 12.3. The fraction of sp³-hybridized carbons (Fsp3) is 0.133. The zero-order chi connectivity index (χ0) is 17.1. The van der Waals surface area contributed by atoms with Gasteiger partial charge in [0.2, 0.25) is 5.91 Å². The summed E-state index contributed by atoms with van der Waals surface area (Å²) in [5.41, 5.74) is 0.0710. The van der Waals surface area contributed by atoms with Gasteiger partial charge < -0.3 is 9.73 Å². The number of aromatic nitrogens is 2. The first-order valence-corrected chi connectivity index (χ1v) is 8.96. The highest BCUT2D eigenvalue weighted by Gasteiger charge is 2.20. The third kappa shape index (κ3) is 3.95. The van der Waals surface area contributed by atoms with Crippen LogP contribution in [0.1, 0.15) is 6.92 Å². The van der Waals surface area contributed by atoms with Gasteiger partial charge in [-0.2, -0.15) is 0 Å². The highest BCUT2D eigenvalue weighted by atomic mass is 35.5. The van der Waals surface area contributed by atoms with Gasteiger partial charge in [-0.15, -0.1) is 21.5 Å². The molecule has 124 valence electrons. The molecule has 2 heterocycles. The highest BCUT2D eigenvalue weighted by molar-refractivity contribution is 8.00. The summed E-state index contributed by atoms with van der Waals surface area (Å²) < 4.78 is 19.2. The highest BCUT2D eigenvalue weighted by Crippen LogP contribution is 2.29. The third-order valence-electron chi connectivity index (χ3n) is 2.97. The second-order valence-electron chi connectivity index (χ2n) is 4.72. The minimum Gasteiger partial charge on any atom is -0.410 e. The molecule has 3 rings (SSSR count). The van der Waals surface area contributed by atoms with Crippen LogP contribution in [0.3, 0.4) is 0 Å². The van der Waals surface area contributed by atoms with Crippen molar-refractivity contribution in [3.05, 3.63) is 46.6 Å². The summed E-state index contributed by atoms with van der Waals surface area (Å²) in [5, 5.41) is 12.3. The number of thiophene rings is 1. The van der Waals surface area contributed by atoms with Gasteiger partial charge in [0, 0.05) is 5.02 Å². The number of benzene rings is 1. The van der Waals surface area contributed by atoms with Crippen LogP contribution in [0.25, 0.3) is 10.8 Å². The molecule has 0 bridgehead atoms. The van der Waals surface area contributed by atoms with Gasteiger partial charge in [-0.05, 0) is 36.6 Å². The van der Waals surface area contributed by atoms with Gasteiger partial charge in [0.25, 0.3) is 11.1 Å². The molecule has 24 heavy (non-hydrogen) atoms. The van der Waals surface area contributed by atoms with Crippen molar-refractivity contribution in [2.75, 3.05) is 5.32 Å². The topological polar surface area (TPSA) is 68.0 Å². The van der Waals surface area contributed by atoms with Crippen molar-refractivity contribution < 1.29 is 13.6 Å². The predicted octanol–water partition coefficient (Wildman–Crippen LogP) is 4.71. The van der Waals surface area contributed by atoms with Crippen molar-refractivity contribution >= 4 is 46.3 Å². The largest absolute Gasteiger partial charge is 0.410 e. The van der Waals surface area contributed by atoms with Crippen molar-refractivity contribution in [3.63, 3.8) is 0 Å². The summed E-state index contributed by atoms with van der Waals surface area (Å²) in [7, 11) is 0. The first-order valence-electron chi connectivity index (χ1n) is 6.83. The predicted molar refractivity (Wildman–Crippen MR) is 93.0 cm³/mol. The van der Waals surface area contributed by atoms with E-state index in [2.05, 4.69) is 15.5 Å². The van der Waals surface area contributed by atoms with Gasteiger partial charge in [-0.3, -0.25) is 4.79 Å². The van der Waals surface area contributed by atoms with Crippen molar-refractivity contribution in [2.24, 2.45) is 0 Å². The Balaban J connectivity index is 1.64. The van der Waals surface area contributed by atoms with Crippen molar-refractivity contribution in [3.8, 4) is 10.8 Å². The van der Waals surface area contributed by atoms with Gasteiger partial charge in [0.05, 0.1) is 15.8 Å². The molecule has 0 aliphatic rings. The first-order chi connectivity index (χ1) is 11.5. The molecule has 0 aliphatic carbocycles. The van der Waals surface area contributed by atoms with Crippen LogP contribution in [0, 0.1) is 5.82 Å². The fourth-order valence-electron chi connectivity index (χ4n) is 1.79. The summed E-state index contributed by atoms with van der Waals surface area (Å²) in [4.78, 5) is 13.0. The van der Waals surface area contributed by atoms with E-state index in [0.717, 1.165) is 22.7 Å². The number of halogens is 2. The van der Waals surface area contributed by atoms with Crippen LogP contribution in [-0.2, 0) is 4.79 Å². The van der Waals surface area contributed by atoms with Gasteiger partial charge in [-0.25, -0.2) is 4.39 Å². The Morgan fingerprint density at radius 1 is 1.42 bits per heavy atom. The number of amides is 1. The van der Waals surface area contributed by atoms with Crippen LogP contribution >= 0.6 is 34.7 Å². The SMILES string of the molecule is CC(Sc1nnc(-c2cccs2)o1)C(=O)Nc1ccc(Cl)cc1F. The molecule has 9 heteroatoms. The summed E-state index contributed by atoms with van der Waals surface area (Å²) in [6.07, 6.45) is 0. The Kier molecular flexibility index (Phi) is 5.17. The number of anilines is 1. The Morgan fingerprint density at radius 3 is 2.96 bits per heavy atom. The monoisotopic (exact) mass is 383 g/mol. The number of hydrogen-bond donors (Lipinski definition) is 1. The molecule has 0 fully saturated rings. The lowest BCUT2D eigenvalue weighted by Crippen LogP contribution is -2.23. The maximum atomic E-state index is 13.7. The number of thioether (sulfide) groups is 1. The van der Waals surface area contributed by atoms with Crippen LogP contribution < -0.4 is 5.32 Å². The molecule has 2 aromatic heterocycles. The molecule has 1 atom stereocenters. The molecule has 1 unspecified atom stereocenters. The van der Waals surface area contributed by atoms with Crippen molar-refractivity contribution in [1.29, 1.82) is 0 Å². The zero-order valence-corrected chi connectivity index (χ0v) is 14.7. The number of nitrogens with zero attached hydrogens (tertiary/aromatic N) is 2. The average Bonchev–Trinajstić information content (AvgIpc) is 3.20. The van der Waals surface area contributed by atoms with E-state index in [-0.39, 0.29) is 21.8 Å². The minimum atomic E-state index is -0.592. The maximum Gasteiger partial charge on any atom is 0.277 e. The molecule has 0 aliphatic heterocycles. The van der Waals surface area contributed by atoms with E-state index in [0.29, 0.717) is 5.89 Å². The molecule has 0 radical (unpaired) electrons. The molecular weight excluding hydrogens is 373 g/mol. The van der Waals surface area contributed by atoms with E-state index in [4.69, 9.17) is 16.0 Å². The summed E-state index contributed by atoms with van der Waals surface area (Å²) in [6.45, 7) is 1.67. The fourth-order valence-corrected chi connectivity index (χ4v) is 3.27. The van der Waals surface area contributed by atoms with E-state index < -0.39 is 11.1 Å². The van der Waals surface area contributed by atoms with Crippen LogP contribution in [-0.4, -0.2) is 21.4 Å². The van der Waals surface area contributed by atoms with Crippen molar-refractivity contribution in [1.82, 2.24) is 10.2 Å². The lowest BCUT2D eigenvalue weighted by molar-refractivity contribution is -0.115. The van der Waals surface area contributed by atoms with Gasteiger partial charge in [0.15, 0.2) is 0 Å². The normalized spacial score (nSPS) is 12.1. The maximum absolute atomic E-state index is 13.7. The lowest BCUT2D eigenvalue weighted by atomic mass is 10.3. The van der Waals surface area contributed by atoms with E-state index in [1.165, 1.54) is 23.5 Å². The number of carbonyl (C=O) groups is 1. The standard InChI is InChI=1S/C15H11ClFN3O2S2/c1-8(13(21)18-11-5-4-9(16)7-10(11)17)24-15-20-19-14(22-15)12-3-2-6-23-12/h2-8H,1H3,(H,18,21). The molecular formula is C15H11ClFN3O2S2. The second-order valence-corrected chi connectivity index (χ2v) is 7.40. The number of rotatable bonds is 5. The third-order valence-corrected chi connectivity index (χ3v) is 5.00. The number of carbonyl (C=O) groups excluding carboxylic acids is 1. The Hall–Kier alpha value is -1.90. The van der Waals surface area contributed by atoms with Crippen LogP contribution in [0.5, 0.6) is 0 Å². The molecule has 1 amide bonds. The van der Waals surface area contributed by atoms with E-state index in [9.17, 15) is 9.18 Å². The van der Waals surface area contributed by atoms with Gasteiger partial charge in [0.1, 0.15) is 5.82 Å². The molecule has 3 aromatic rings. The number of hydrogen-bond acceptors (Lipinski definition) is 6. The smallest absolute Gasteiger partial charge is 0.277 e. The molecule has 1 N–H and O–H groups in total. The molecule has 0 saturated heterocycles. The van der Waals surface area contributed by atoms with E-state index in [1.54, 1.807) is 6.92 Å². The van der Waals surface area contributed by atoms with E-state index >= 15 is 0 Å². The van der Waals surface area contributed by atoms with Gasteiger partial charge in [-0.1, -0.05) is 29.4 Å². The van der Waals surface area contributed by atoms with Gasteiger partial charge >= 0.3 is 0 Å². The van der Waals surface area contributed by atoms with E-state index in [1.807, 2.05) is 17.5 Å². The Morgan fingerprint density at radius 2 is 2.25 bits per heavy atom. The second kappa shape index (κ2) is 7.33. The summed E-state index contributed by atoms with van der Waals surface area (Å²) >= 11 is 8.27. The average molecular weight is 384 g/mol. The molecule has 1 aromatic carbocycles. The molecule has 0 saturated carbocycles. The minimum absolute atomic E-state index is 0.0710. The summed E-state index contributed by atoms with van der Waals surface area (Å²) in [6, 6.07) is 7.80. The van der Waals surface area contributed by atoms with Crippen LogP contribution in [0.15, 0.2) is 45.4 Å². The first kappa shape index (κ1) is 16.9. The number of nitrogens with one attached hydrogen (secondary N) is 1. The van der Waals surface area contributed by atoms with Crippen molar-refractivity contribution in [2.45, 2.75) is 17.4 Å². The Labute approximate surface area is 150 Å². The van der Waals surface area contributed by atoms with Crippen LogP contribution in [0.2, 0.25) is 5.02 Å². The quantitative estimate of drug-likeness (QED) is 0.646. The lowest BCUT2D eigenvalue weighted by Gasteiger charge is -2.10. The molecule has 5 nitrogen and oxygen atoms in total. The Bertz CT molecular complexity index is 854. The summed E-state index contributed by atoms with van der Waals surface area (Å²) in [5.74, 6) is -0.563. The van der Waals surface area contributed by atoms with Crippen LogP contribution in [0.4, 0.5) is 10.1 Å². The molecule has 0 spiro atoms.